The smallest absolute Gasteiger partial charge is 0.306 e. The van der Waals surface area contributed by atoms with Gasteiger partial charge in [0.25, 0.3) is 0 Å². The van der Waals surface area contributed by atoms with Crippen molar-refractivity contribution in [3.8, 4) is 5.75 Å². The van der Waals surface area contributed by atoms with Crippen LogP contribution in [0.15, 0.2) is 53.1 Å². The highest BCUT2D eigenvalue weighted by Gasteiger charge is 2.41. The van der Waals surface area contributed by atoms with Crippen molar-refractivity contribution in [1.82, 2.24) is 4.90 Å². The number of aryl methyl sites for hydroxylation is 1. The molecule has 3 atom stereocenters. The summed E-state index contributed by atoms with van der Waals surface area (Å²) in [4.78, 5) is 18.1. The molecular formula is C34H40F2N2O4. The van der Waals surface area contributed by atoms with Crippen molar-refractivity contribution in [2.75, 3.05) is 20.2 Å². The van der Waals surface area contributed by atoms with Gasteiger partial charge in [0, 0.05) is 24.1 Å². The van der Waals surface area contributed by atoms with Gasteiger partial charge in [0.1, 0.15) is 11.9 Å². The number of allylic oxidation sites excluding steroid dienone is 3. The summed E-state index contributed by atoms with van der Waals surface area (Å²) in [5, 5.41) is 9.71. The summed E-state index contributed by atoms with van der Waals surface area (Å²) in [7, 11) is 1.47. The highest BCUT2D eigenvalue weighted by atomic mass is 19.1. The molecular weight excluding hydrogens is 538 g/mol. The zero-order valence-electron chi connectivity index (χ0n) is 24.7. The van der Waals surface area contributed by atoms with E-state index in [4.69, 9.17) is 9.47 Å². The maximum absolute atomic E-state index is 16.1. The van der Waals surface area contributed by atoms with Crippen LogP contribution >= 0.6 is 0 Å². The van der Waals surface area contributed by atoms with E-state index in [-0.39, 0.29) is 35.4 Å². The third-order valence-electron chi connectivity index (χ3n) is 8.95. The van der Waals surface area contributed by atoms with Crippen LogP contribution < -0.4 is 4.74 Å². The van der Waals surface area contributed by atoms with Gasteiger partial charge >= 0.3 is 5.97 Å². The molecule has 3 aliphatic rings. The van der Waals surface area contributed by atoms with Gasteiger partial charge in [0.15, 0.2) is 11.6 Å². The summed E-state index contributed by atoms with van der Waals surface area (Å²) in [6.07, 6.45) is 6.56. The number of likely N-dealkylation sites (tertiary alicyclic amines) is 1. The molecule has 0 radical (unpaired) electrons. The molecule has 1 unspecified atom stereocenters. The Kier molecular flexibility index (Phi) is 9.11. The fraction of sp³-hybridized carbons (Fsp3) is 0.471. The Bertz CT molecular complexity index is 1400. The number of rotatable bonds is 11. The second-order valence-corrected chi connectivity index (χ2v) is 11.8. The molecule has 0 aromatic heterocycles. The second kappa shape index (κ2) is 12.8. The lowest BCUT2D eigenvalue weighted by Gasteiger charge is -2.30. The lowest BCUT2D eigenvalue weighted by Crippen LogP contribution is -2.23. The molecule has 2 aromatic rings. The molecule has 2 heterocycles. The van der Waals surface area contributed by atoms with Crippen molar-refractivity contribution < 1.29 is 28.2 Å². The van der Waals surface area contributed by atoms with Crippen LogP contribution in [-0.2, 0) is 22.5 Å². The molecule has 0 amide bonds. The Balaban J connectivity index is 1.50. The van der Waals surface area contributed by atoms with E-state index in [0.717, 1.165) is 61.0 Å². The highest BCUT2D eigenvalue weighted by molar-refractivity contribution is 5.78. The molecule has 42 heavy (non-hydrogen) atoms. The summed E-state index contributed by atoms with van der Waals surface area (Å²) in [5.41, 5.74) is 4.19. The maximum Gasteiger partial charge on any atom is 0.306 e. The third-order valence-corrected chi connectivity index (χ3v) is 8.95. The summed E-state index contributed by atoms with van der Waals surface area (Å²) in [5.74, 6) is -2.16. The van der Waals surface area contributed by atoms with Gasteiger partial charge in [-0.1, -0.05) is 37.3 Å². The number of carboxylic acids is 1. The molecule has 2 aliphatic heterocycles. The van der Waals surface area contributed by atoms with E-state index < -0.39 is 17.7 Å². The average Bonchev–Trinajstić information content (AvgIpc) is 3.69. The molecule has 5 rings (SSSR count). The first kappa shape index (κ1) is 30.0. The Labute approximate surface area is 246 Å². The molecule has 8 heteroatoms. The molecule has 2 fully saturated rings. The molecule has 1 N–H and O–H groups in total. The lowest BCUT2D eigenvalue weighted by molar-refractivity contribution is -0.142. The van der Waals surface area contributed by atoms with Gasteiger partial charge in [-0.2, -0.15) is 0 Å². The van der Waals surface area contributed by atoms with Crippen LogP contribution in [0.4, 0.5) is 8.78 Å². The van der Waals surface area contributed by atoms with Gasteiger partial charge in [-0.15, -0.1) is 0 Å². The molecule has 0 bridgehead atoms. The number of fused-ring (bicyclic) bond motifs is 1. The monoisotopic (exact) mass is 578 g/mol. The van der Waals surface area contributed by atoms with Gasteiger partial charge in [-0.05, 0) is 99.0 Å². The van der Waals surface area contributed by atoms with E-state index in [2.05, 4.69) is 22.7 Å². The lowest BCUT2D eigenvalue weighted by atomic mass is 9.82. The number of nitrogens with zero attached hydrogens (tertiary/aromatic N) is 2. The summed E-state index contributed by atoms with van der Waals surface area (Å²) >= 11 is 0. The van der Waals surface area contributed by atoms with Gasteiger partial charge in [0.05, 0.1) is 13.0 Å². The first-order valence-electron chi connectivity index (χ1n) is 14.9. The van der Waals surface area contributed by atoms with Crippen LogP contribution in [0.5, 0.6) is 5.75 Å². The number of methoxy groups -OCH3 is 1. The van der Waals surface area contributed by atoms with Crippen molar-refractivity contribution in [2.24, 2.45) is 16.8 Å². The van der Waals surface area contributed by atoms with Gasteiger partial charge < -0.3 is 14.6 Å². The summed E-state index contributed by atoms with van der Waals surface area (Å²) in [6.45, 7) is 9.19. The third kappa shape index (κ3) is 6.28. The molecule has 1 saturated heterocycles. The minimum absolute atomic E-state index is 0.175. The largest absolute Gasteiger partial charge is 0.482 e. The van der Waals surface area contributed by atoms with Crippen molar-refractivity contribution in [3.05, 3.63) is 81.8 Å². The van der Waals surface area contributed by atoms with E-state index in [0.29, 0.717) is 30.5 Å². The predicted octanol–water partition coefficient (Wildman–Crippen LogP) is 7.59. The minimum atomic E-state index is -0.915. The number of halogens is 2. The summed E-state index contributed by atoms with van der Waals surface area (Å²) in [6, 6.07) is 9.52. The van der Waals surface area contributed by atoms with Crippen LogP contribution in [-0.4, -0.2) is 42.9 Å². The van der Waals surface area contributed by atoms with Crippen molar-refractivity contribution in [3.63, 3.8) is 0 Å². The van der Waals surface area contributed by atoms with Crippen LogP contribution in [0.2, 0.25) is 0 Å². The van der Waals surface area contributed by atoms with Crippen LogP contribution in [0.1, 0.15) is 85.8 Å². The molecule has 0 spiro atoms. The number of aliphatic imine (C=N–C) groups is 1. The Morgan fingerprint density at radius 2 is 1.98 bits per heavy atom. The van der Waals surface area contributed by atoms with E-state index in [9.17, 15) is 14.3 Å². The fourth-order valence-corrected chi connectivity index (χ4v) is 6.50. The number of hydrogen-bond acceptors (Lipinski definition) is 5. The van der Waals surface area contributed by atoms with Gasteiger partial charge in [-0.3, -0.25) is 9.69 Å². The van der Waals surface area contributed by atoms with Crippen LogP contribution in [0, 0.1) is 17.7 Å². The first-order valence-corrected chi connectivity index (χ1v) is 14.9. The number of carbonyl (C=O) groups is 1. The Morgan fingerprint density at radius 3 is 2.60 bits per heavy atom. The van der Waals surface area contributed by atoms with E-state index >= 15 is 4.39 Å². The van der Waals surface area contributed by atoms with E-state index in [1.165, 1.54) is 14.0 Å². The molecule has 1 saturated carbocycles. The summed E-state index contributed by atoms with van der Waals surface area (Å²) < 4.78 is 42.6. The molecule has 1 aliphatic carbocycles. The zero-order chi connectivity index (χ0) is 30.0. The second-order valence-electron chi connectivity index (χ2n) is 11.8. The van der Waals surface area contributed by atoms with Crippen molar-refractivity contribution in [2.45, 2.75) is 70.9 Å². The molecule has 224 valence electrons. The number of benzene rings is 2. The van der Waals surface area contributed by atoms with Crippen molar-refractivity contribution in [1.29, 1.82) is 0 Å². The topological polar surface area (TPSA) is 71.4 Å². The number of carboxylic acid groups (broad SMARTS) is 1. The van der Waals surface area contributed by atoms with Gasteiger partial charge in [0.2, 0.25) is 5.88 Å². The number of hydrogen-bond donors (Lipinski definition) is 1. The molecule has 2 aromatic carbocycles. The standard InChI is InChI=1S/C34H40F2N2O4/c1-20(34(39)40)31(22-7-8-22)27-13-9-23-11-14-29(42-33(23)32(27)36)24-10-12-26(25(17-24)19-38-15-5-6-16-38)28(21(2)35)18-30(37-3)41-4/h9-10,12-13,17-18,20,22,29,31H,3,5-8,11,14-16,19H2,1-2,4H3,(H,39,40)/b28-21-,30-18+/t20-,29?,31-/m0/s1. The predicted molar refractivity (Wildman–Crippen MR) is 160 cm³/mol. The van der Waals surface area contributed by atoms with E-state index in [1.54, 1.807) is 19.1 Å². The Hall–Kier alpha value is -3.52. The number of aliphatic carboxylic acids is 1. The van der Waals surface area contributed by atoms with Crippen LogP contribution in [0.3, 0.4) is 0 Å². The molecule has 6 nitrogen and oxygen atoms in total. The quantitative estimate of drug-likeness (QED) is 0.169. The van der Waals surface area contributed by atoms with Crippen LogP contribution in [0.25, 0.3) is 5.57 Å². The first-order chi connectivity index (χ1) is 20.2. The SMILES string of the molecule is C=N/C(=C\C(=C(/C)F)c1ccc(C2CCc3ccc([C@H](C4CC4)[C@H](C)C(=O)O)c(F)c3O2)cc1CN1CCCC1)OC. The zero-order valence-corrected chi connectivity index (χ0v) is 24.7. The van der Waals surface area contributed by atoms with E-state index in [1.807, 2.05) is 18.2 Å². The maximum atomic E-state index is 16.1. The Morgan fingerprint density at radius 1 is 1.24 bits per heavy atom. The normalized spacial score (nSPS) is 21.2. The van der Waals surface area contributed by atoms with Crippen molar-refractivity contribution >= 4 is 18.3 Å². The number of ether oxygens (including phenoxy) is 2. The minimum Gasteiger partial charge on any atom is -0.482 e. The van der Waals surface area contributed by atoms with Gasteiger partial charge in [-0.25, -0.2) is 13.8 Å². The highest BCUT2D eigenvalue weighted by Crippen LogP contribution is 2.49. The average molecular weight is 579 g/mol. The fourth-order valence-electron chi connectivity index (χ4n) is 6.50.